The fraction of sp³-hybridized carbons (Fsp3) is 0.267. The van der Waals surface area contributed by atoms with Crippen molar-refractivity contribution in [2.24, 2.45) is 5.41 Å². The van der Waals surface area contributed by atoms with E-state index in [0.717, 1.165) is 12.7 Å². The van der Waals surface area contributed by atoms with Gasteiger partial charge in [-0.25, -0.2) is 0 Å². The summed E-state index contributed by atoms with van der Waals surface area (Å²) in [5, 5.41) is 0. The zero-order valence-corrected chi connectivity index (χ0v) is 9.56. The number of hydrogen-bond acceptors (Lipinski definition) is 1. The lowest BCUT2D eigenvalue weighted by atomic mass is 9.77. The van der Waals surface area contributed by atoms with E-state index in [1.807, 2.05) is 30.3 Å². The summed E-state index contributed by atoms with van der Waals surface area (Å²) in [5.41, 5.74) is 0.809. The van der Waals surface area contributed by atoms with Gasteiger partial charge in [-0.15, -0.1) is 13.2 Å². The van der Waals surface area contributed by atoms with Gasteiger partial charge in [0.1, 0.15) is 6.29 Å². The second-order valence-electron chi connectivity index (χ2n) is 4.13. The first kappa shape index (κ1) is 12.4. The van der Waals surface area contributed by atoms with E-state index >= 15 is 0 Å². The number of carbonyl (C=O) groups excluding carboxylic acids is 1. The minimum atomic E-state index is -0.370. The van der Waals surface area contributed by atoms with Crippen molar-refractivity contribution in [1.82, 2.24) is 0 Å². The van der Waals surface area contributed by atoms with Gasteiger partial charge in [-0.2, -0.15) is 0 Å². The average Bonchev–Trinajstić information content (AvgIpc) is 2.31. The number of carbonyl (C=O) groups is 1. The van der Waals surface area contributed by atoms with Crippen LogP contribution in [0.4, 0.5) is 0 Å². The molecule has 0 fully saturated rings. The van der Waals surface area contributed by atoms with E-state index in [0.29, 0.717) is 12.8 Å². The molecule has 16 heavy (non-hydrogen) atoms. The molecule has 0 unspecified atom stereocenters. The Morgan fingerprint density at radius 1 is 1.06 bits per heavy atom. The number of allylic oxidation sites excluding steroid dienone is 2. The highest BCUT2D eigenvalue weighted by atomic mass is 16.1. The van der Waals surface area contributed by atoms with Crippen molar-refractivity contribution < 1.29 is 4.79 Å². The van der Waals surface area contributed by atoms with Gasteiger partial charge >= 0.3 is 0 Å². The van der Waals surface area contributed by atoms with Crippen LogP contribution < -0.4 is 0 Å². The Morgan fingerprint density at radius 2 is 1.62 bits per heavy atom. The first-order valence-corrected chi connectivity index (χ1v) is 5.48. The second-order valence-corrected chi connectivity index (χ2v) is 4.13. The molecule has 0 spiro atoms. The normalized spacial score (nSPS) is 10.8. The molecule has 1 heteroatoms. The fourth-order valence-electron chi connectivity index (χ4n) is 1.94. The van der Waals surface area contributed by atoms with E-state index in [1.165, 1.54) is 5.56 Å². The molecule has 0 radical (unpaired) electrons. The number of hydrogen-bond donors (Lipinski definition) is 0. The van der Waals surface area contributed by atoms with Crippen molar-refractivity contribution in [2.75, 3.05) is 0 Å². The first-order valence-electron chi connectivity index (χ1n) is 5.48. The number of rotatable bonds is 7. The van der Waals surface area contributed by atoms with Crippen LogP contribution in [0.5, 0.6) is 0 Å². The summed E-state index contributed by atoms with van der Waals surface area (Å²) >= 11 is 0. The molecular formula is C15H18O. The molecule has 0 aromatic heterocycles. The summed E-state index contributed by atoms with van der Waals surface area (Å²) in [5.74, 6) is 0. The van der Waals surface area contributed by atoms with Crippen molar-refractivity contribution in [2.45, 2.75) is 19.3 Å². The maximum Gasteiger partial charge on any atom is 0.127 e. The highest BCUT2D eigenvalue weighted by Gasteiger charge is 2.27. The quantitative estimate of drug-likeness (QED) is 0.501. The zero-order chi connectivity index (χ0) is 11.9. The average molecular weight is 214 g/mol. The topological polar surface area (TPSA) is 17.1 Å². The Bertz CT molecular complexity index is 341. The summed E-state index contributed by atoms with van der Waals surface area (Å²) < 4.78 is 0. The predicted octanol–water partition coefficient (Wildman–Crippen LogP) is 3.57. The molecule has 0 bridgehead atoms. The Labute approximate surface area is 97.5 Å². The van der Waals surface area contributed by atoms with Crippen LogP contribution in [0.25, 0.3) is 0 Å². The molecule has 1 aromatic carbocycles. The lowest BCUT2D eigenvalue weighted by molar-refractivity contribution is -0.116. The van der Waals surface area contributed by atoms with Crippen LogP contribution in [0.2, 0.25) is 0 Å². The maximum absolute atomic E-state index is 11.3. The van der Waals surface area contributed by atoms with E-state index in [2.05, 4.69) is 13.2 Å². The molecule has 84 valence electrons. The van der Waals surface area contributed by atoms with Gasteiger partial charge in [0.05, 0.1) is 0 Å². The summed E-state index contributed by atoms with van der Waals surface area (Å²) in [6.45, 7) is 7.45. The third-order valence-corrected chi connectivity index (χ3v) is 2.75. The summed E-state index contributed by atoms with van der Waals surface area (Å²) in [4.78, 5) is 11.3. The molecular weight excluding hydrogens is 196 g/mol. The van der Waals surface area contributed by atoms with Crippen LogP contribution in [0.1, 0.15) is 18.4 Å². The molecule has 0 aliphatic rings. The van der Waals surface area contributed by atoms with Crippen LogP contribution in [0, 0.1) is 5.41 Å². The van der Waals surface area contributed by atoms with Crippen LogP contribution in [-0.2, 0) is 11.2 Å². The van der Waals surface area contributed by atoms with Crippen LogP contribution in [-0.4, -0.2) is 6.29 Å². The Balaban J connectivity index is 2.88. The highest BCUT2D eigenvalue weighted by molar-refractivity contribution is 5.61. The van der Waals surface area contributed by atoms with Crippen LogP contribution >= 0.6 is 0 Å². The Morgan fingerprint density at radius 3 is 2.06 bits per heavy atom. The smallest absolute Gasteiger partial charge is 0.127 e. The monoisotopic (exact) mass is 214 g/mol. The van der Waals surface area contributed by atoms with Crippen LogP contribution in [0.3, 0.4) is 0 Å². The maximum atomic E-state index is 11.3. The summed E-state index contributed by atoms with van der Waals surface area (Å²) in [7, 11) is 0. The van der Waals surface area contributed by atoms with Gasteiger partial charge in [0.2, 0.25) is 0 Å². The highest BCUT2D eigenvalue weighted by Crippen LogP contribution is 2.29. The van der Waals surface area contributed by atoms with Crippen LogP contribution in [0.15, 0.2) is 55.6 Å². The Hall–Kier alpha value is -1.63. The summed E-state index contributed by atoms with van der Waals surface area (Å²) in [6, 6.07) is 10.1. The molecule has 0 saturated carbocycles. The predicted molar refractivity (Wildman–Crippen MR) is 68.3 cm³/mol. The molecule has 0 saturated heterocycles. The molecule has 1 nitrogen and oxygen atoms in total. The number of aldehydes is 1. The van der Waals surface area contributed by atoms with E-state index in [1.54, 1.807) is 12.2 Å². The van der Waals surface area contributed by atoms with E-state index in [4.69, 9.17) is 0 Å². The lowest BCUT2D eigenvalue weighted by Crippen LogP contribution is -2.24. The zero-order valence-electron chi connectivity index (χ0n) is 9.56. The molecule has 0 aliphatic heterocycles. The largest absolute Gasteiger partial charge is 0.303 e. The van der Waals surface area contributed by atoms with Gasteiger partial charge in [0, 0.05) is 5.41 Å². The van der Waals surface area contributed by atoms with Gasteiger partial charge in [0.15, 0.2) is 0 Å². The standard InChI is InChI=1S/C15H18O/c1-3-10-15(13-16,11-4-2)12-14-8-6-5-7-9-14/h3-9,13H,1-2,10-12H2. The second kappa shape index (κ2) is 6.06. The molecule has 1 aromatic rings. The van der Waals surface area contributed by atoms with Gasteiger partial charge in [0.25, 0.3) is 0 Å². The fourth-order valence-corrected chi connectivity index (χ4v) is 1.94. The van der Waals surface area contributed by atoms with Gasteiger partial charge in [-0.05, 0) is 24.8 Å². The van der Waals surface area contributed by atoms with Crippen molar-refractivity contribution in [3.63, 3.8) is 0 Å². The molecule has 0 aliphatic carbocycles. The molecule has 0 atom stereocenters. The summed E-state index contributed by atoms with van der Waals surface area (Å²) in [6.07, 6.45) is 6.79. The van der Waals surface area contributed by atoms with Crippen molar-refractivity contribution >= 4 is 6.29 Å². The minimum absolute atomic E-state index is 0.370. The van der Waals surface area contributed by atoms with E-state index in [9.17, 15) is 4.79 Å². The van der Waals surface area contributed by atoms with E-state index < -0.39 is 0 Å². The first-order chi connectivity index (χ1) is 7.76. The van der Waals surface area contributed by atoms with Crippen molar-refractivity contribution in [1.29, 1.82) is 0 Å². The van der Waals surface area contributed by atoms with Gasteiger partial charge in [-0.1, -0.05) is 42.5 Å². The van der Waals surface area contributed by atoms with E-state index in [-0.39, 0.29) is 5.41 Å². The third kappa shape index (κ3) is 3.20. The molecule has 0 heterocycles. The van der Waals surface area contributed by atoms with Gasteiger partial charge < -0.3 is 4.79 Å². The van der Waals surface area contributed by atoms with Gasteiger partial charge in [-0.3, -0.25) is 0 Å². The number of benzene rings is 1. The molecule has 0 amide bonds. The molecule has 1 rings (SSSR count). The third-order valence-electron chi connectivity index (χ3n) is 2.75. The molecule has 0 N–H and O–H groups in total. The van der Waals surface area contributed by atoms with Crippen molar-refractivity contribution in [3.8, 4) is 0 Å². The Kier molecular flexibility index (Phi) is 4.71. The SMILES string of the molecule is C=CCC(C=O)(CC=C)Cc1ccccc1. The minimum Gasteiger partial charge on any atom is -0.303 e. The van der Waals surface area contributed by atoms with Crippen molar-refractivity contribution in [3.05, 3.63) is 61.2 Å². The lowest BCUT2D eigenvalue weighted by Gasteiger charge is -2.25.